The Morgan fingerprint density at radius 3 is 2.90 bits per heavy atom. The molecule has 3 aromatic heterocycles. The molecule has 0 radical (unpaired) electrons. The van der Waals surface area contributed by atoms with Crippen LogP contribution in [0.3, 0.4) is 0 Å². The molecule has 3 heterocycles. The fourth-order valence-electron chi connectivity index (χ4n) is 2.90. The maximum Gasteiger partial charge on any atom is 0.253 e. The molecule has 0 saturated carbocycles. The number of ether oxygens (including phenoxy) is 1. The Bertz CT molecular complexity index is 1330. The molecule has 0 saturated heterocycles. The van der Waals surface area contributed by atoms with E-state index in [2.05, 4.69) is 40.9 Å². The Labute approximate surface area is 174 Å². The number of hydrogen-bond acceptors (Lipinski definition) is 8. The van der Waals surface area contributed by atoms with Gasteiger partial charge < -0.3 is 14.5 Å². The van der Waals surface area contributed by atoms with Crippen molar-refractivity contribution in [2.24, 2.45) is 0 Å². The van der Waals surface area contributed by atoms with E-state index in [0.717, 1.165) is 22.2 Å². The molecule has 30 heavy (non-hydrogen) atoms. The lowest BCUT2D eigenvalue weighted by atomic mass is 10.2. The molecule has 0 aliphatic rings. The molecule has 10 nitrogen and oxygen atoms in total. The largest absolute Gasteiger partial charge is 0.482 e. The topological polar surface area (TPSA) is 130 Å². The van der Waals surface area contributed by atoms with Gasteiger partial charge in [0.1, 0.15) is 5.75 Å². The zero-order chi connectivity index (χ0) is 20.5. The summed E-state index contributed by atoms with van der Waals surface area (Å²) < 4.78 is 10.9. The van der Waals surface area contributed by atoms with Crippen LogP contribution >= 0.6 is 11.6 Å². The predicted octanol–water partition coefficient (Wildman–Crippen LogP) is 4.02. The number of H-pyrrole nitrogens is 2. The van der Waals surface area contributed by atoms with Gasteiger partial charge in [0, 0.05) is 23.6 Å². The number of hydrogen-bond donors (Lipinski definition) is 3. The van der Waals surface area contributed by atoms with Crippen LogP contribution in [0.25, 0.3) is 22.3 Å². The van der Waals surface area contributed by atoms with Crippen molar-refractivity contribution in [2.45, 2.75) is 13.5 Å². The van der Waals surface area contributed by atoms with E-state index >= 15 is 0 Å². The summed E-state index contributed by atoms with van der Waals surface area (Å²) in [6.07, 6.45) is 1.76. The van der Waals surface area contributed by atoms with Crippen LogP contribution in [0.1, 0.15) is 11.8 Å². The molecule has 11 heteroatoms. The van der Waals surface area contributed by atoms with Crippen molar-refractivity contribution in [2.75, 3.05) is 5.32 Å². The number of rotatable bonds is 6. The first-order valence-electron chi connectivity index (χ1n) is 8.98. The van der Waals surface area contributed by atoms with Crippen molar-refractivity contribution in [3.8, 4) is 17.1 Å². The normalized spacial score (nSPS) is 11.1. The van der Waals surface area contributed by atoms with E-state index in [4.69, 9.17) is 20.8 Å². The van der Waals surface area contributed by atoms with Gasteiger partial charge in [-0.25, -0.2) is 0 Å². The summed E-state index contributed by atoms with van der Waals surface area (Å²) in [4.78, 5) is 4.48. The SMILES string of the molecule is Cc1nnc(COc2ccc(-c3nc(Nc4ccc5[nH]ncc5c4)n[nH]3)cc2Cl)o1. The second-order valence-corrected chi connectivity index (χ2v) is 6.86. The Kier molecular flexibility index (Phi) is 4.52. The van der Waals surface area contributed by atoms with Crippen LogP contribution in [0, 0.1) is 6.92 Å². The third kappa shape index (κ3) is 3.67. The van der Waals surface area contributed by atoms with Crippen LogP contribution < -0.4 is 10.1 Å². The lowest BCUT2D eigenvalue weighted by Gasteiger charge is -2.06. The van der Waals surface area contributed by atoms with Crippen molar-refractivity contribution < 1.29 is 9.15 Å². The molecule has 0 aliphatic heterocycles. The summed E-state index contributed by atoms with van der Waals surface area (Å²) >= 11 is 6.35. The van der Waals surface area contributed by atoms with E-state index in [0.29, 0.717) is 34.3 Å². The van der Waals surface area contributed by atoms with E-state index in [-0.39, 0.29) is 6.61 Å². The molecule has 0 aliphatic carbocycles. The monoisotopic (exact) mass is 422 g/mol. The first kappa shape index (κ1) is 18.1. The Balaban J connectivity index is 1.29. The van der Waals surface area contributed by atoms with Gasteiger partial charge in [0.05, 0.1) is 16.7 Å². The van der Waals surface area contributed by atoms with Crippen LogP contribution in [0.5, 0.6) is 5.75 Å². The van der Waals surface area contributed by atoms with Crippen molar-refractivity contribution in [1.29, 1.82) is 0 Å². The fourth-order valence-corrected chi connectivity index (χ4v) is 3.13. The minimum Gasteiger partial charge on any atom is -0.482 e. The quantitative estimate of drug-likeness (QED) is 0.374. The average Bonchev–Trinajstić information content (AvgIpc) is 3.48. The van der Waals surface area contributed by atoms with E-state index in [9.17, 15) is 0 Å². The molecule has 150 valence electrons. The summed E-state index contributed by atoms with van der Waals surface area (Å²) in [5.41, 5.74) is 2.58. The highest BCUT2D eigenvalue weighted by Gasteiger charge is 2.11. The lowest BCUT2D eigenvalue weighted by Crippen LogP contribution is -1.96. The zero-order valence-electron chi connectivity index (χ0n) is 15.7. The summed E-state index contributed by atoms with van der Waals surface area (Å²) in [5, 5.41) is 26.3. The summed E-state index contributed by atoms with van der Waals surface area (Å²) in [6, 6.07) is 11.2. The first-order valence-corrected chi connectivity index (χ1v) is 9.36. The van der Waals surface area contributed by atoms with Gasteiger partial charge in [-0.2, -0.15) is 10.1 Å². The molecular weight excluding hydrogens is 408 g/mol. The lowest BCUT2D eigenvalue weighted by molar-refractivity contribution is 0.260. The van der Waals surface area contributed by atoms with Gasteiger partial charge >= 0.3 is 0 Å². The van der Waals surface area contributed by atoms with E-state index < -0.39 is 0 Å². The maximum atomic E-state index is 6.35. The minimum absolute atomic E-state index is 0.136. The third-order valence-corrected chi connectivity index (χ3v) is 4.60. The molecular formula is C19H15ClN8O2. The van der Waals surface area contributed by atoms with E-state index in [1.165, 1.54) is 0 Å². The van der Waals surface area contributed by atoms with Gasteiger partial charge in [-0.3, -0.25) is 10.2 Å². The van der Waals surface area contributed by atoms with Gasteiger partial charge in [0.25, 0.3) is 5.89 Å². The highest BCUT2D eigenvalue weighted by molar-refractivity contribution is 6.32. The molecule has 0 bridgehead atoms. The van der Waals surface area contributed by atoms with Crippen molar-refractivity contribution in [3.05, 3.63) is 59.4 Å². The van der Waals surface area contributed by atoms with Gasteiger partial charge in [0.2, 0.25) is 11.8 Å². The summed E-state index contributed by atoms with van der Waals surface area (Å²) in [7, 11) is 0. The smallest absolute Gasteiger partial charge is 0.253 e. The summed E-state index contributed by atoms with van der Waals surface area (Å²) in [5.74, 6) is 2.38. The van der Waals surface area contributed by atoms with Gasteiger partial charge in [-0.1, -0.05) is 11.6 Å². The molecule has 0 amide bonds. The molecule has 0 unspecified atom stereocenters. The number of aromatic nitrogens is 7. The highest BCUT2D eigenvalue weighted by atomic mass is 35.5. The summed E-state index contributed by atoms with van der Waals surface area (Å²) in [6.45, 7) is 1.85. The van der Waals surface area contributed by atoms with Crippen molar-refractivity contribution in [1.82, 2.24) is 35.6 Å². The van der Waals surface area contributed by atoms with Crippen LogP contribution in [-0.4, -0.2) is 35.6 Å². The van der Waals surface area contributed by atoms with Crippen molar-refractivity contribution >= 4 is 34.1 Å². The molecule has 0 spiro atoms. The Morgan fingerprint density at radius 2 is 2.07 bits per heavy atom. The highest BCUT2D eigenvalue weighted by Crippen LogP contribution is 2.30. The van der Waals surface area contributed by atoms with Crippen molar-refractivity contribution in [3.63, 3.8) is 0 Å². The fraction of sp³-hybridized carbons (Fsp3) is 0.105. The standard InChI is InChI=1S/C19H15ClN8O2/c1-10-24-26-17(30-10)9-29-16-5-2-11(7-14(16)20)18-23-19(28-27-18)22-13-3-4-15-12(6-13)8-21-25-15/h2-8H,9H2,1H3,(H,21,25)(H2,22,23,27,28). The first-order chi connectivity index (χ1) is 14.6. The van der Waals surface area contributed by atoms with Gasteiger partial charge in [-0.05, 0) is 36.4 Å². The molecule has 0 atom stereocenters. The van der Waals surface area contributed by atoms with Crippen LogP contribution in [-0.2, 0) is 6.61 Å². The second-order valence-electron chi connectivity index (χ2n) is 6.45. The molecule has 2 aromatic carbocycles. The van der Waals surface area contributed by atoms with Gasteiger partial charge in [-0.15, -0.1) is 15.3 Å². The zero-order valence-corrected chi connectivity index (χ0v) is 16.4. The number of anilines is 2. The number of fused-ring (bicyclic) bond motifs is 1. The Morgan fingerprint density at radius 1 is 1.13 bits per heavy atom. The molecule has 5 rings (SSSR count). The maximum absolute atomic E-state index is 6.35. The number of nitrogens with zero attached hydrogens (tertiary/aromatic N) is 5. The second kappa shape index (κ2) is 7.48. The number of halogens is 1. The number of nitrogens with one attached hydrogen (secondary N) is 3. The number of aromatic amines is 2. The van der Waals surface area contributed by atoms with Crippen LogP contribution in [0.15, 0.2) is 47.0 Å². The molecule has 0 fully saturated rings. The van der Waals surface area contributed by atoms with E-state index in [1.54, 1.807) is 25.3 Å². The van der Waals surface area contributed by atoms with Gasteiger partial charge in [0.15, 0.2) is 12.4 Å². The average molecular weight is 423 g/mol. The molecule has 5 aromatic rings. The molecule has 3 N–H and O–H groups in total. The number of aryl methyl sites for hydroxylation is 1. The van der Waals surface area contributed by atoms with Crippen LogP contribution in [0.4, 0.5) is 11.6 Å². The number of benzene rings is 2. The predicted molar refractivity (Wildman–Crippen MR) is 110 cm³/mol. The third-order valence-electron chi connectivity index (χ3n) is 4.31. The minimum atomic E-state index is 0.136. The van der Waals surface area contributed by atoms with Crippen LogP contribution in [0.2, 0.25) is 5.02 Å². The van der Waals surface area contributed by atoms with E-state index in [1.807, 2.05) is 24.3 Å². The Hall–Kier alpha value is -3.92.